The molecule has 3 aromatic rings. The van der Waals surface area contributed by atoms with Gasteiger partial charge >= 0.3 is 5.97 Å². The molecular formula is C23H19BrFNO4. The molecule has 5 nitrogen and oxygen atoms in total. The molecule has 154 valence electrons. The Morgan fingerprint density at radius 2 is 1.73 bits per heavy atom. The summed E-state index contributed by atoms with van der Waals surface area (Å²) >= 11 is 3.21. The lowest BCUT2D eigenvalue weighted by Gasteiger charge is -2.19. The highest BCUT2D eigenvalue weighted by Crippen LogP contribution is 2.28. The van der Waals surface area contributed by atoms with Crippen molar-refractivity contribution in [3.8, 4) is 5.75 Å². The van der Waals surface area contributed by atoms with Gasteiger partial charge in [0.25, 0.3) is 5.91 Å². The fraction of sp³-hybridized carbons (Fsp3) is 0.130. The quantitative estimate of drug-likeness (QED) is 0.460. The van der Waals surface area contributed by atoms with E-state index in [2.05, 4.69) is 21.2 Å². The number of ether oxygens (including phenoxy) is 2. The van der Waals surface area contributed by atoms with Crippen LogP contribution >= 0.6 is 15.9 Å². The molecule has 1 amide bonds. The van der Waals surface area contributed by atoms with Gasteiger partial charge in [-0.3, -0.25) is 4.79 Å². The maximum absolute atomic E-state index is 13.6. The van der Waals surface area contributed by atoms with Gasteiger partial charge in [-0.05, 0) is 53.2 Å². The molecule has 0 aliphatic carbocycles. The zero-order valence-electron chi connectivity index (χ0n) is 16.1. The molecule has 1 unspecified atom stereocenters. The van der Waals surface area contributed by atoms with Crippen LogP contribution in [0.4, 0.5) is 10.1 Å². The molecule has 0 saturated heterocycles. The van der Waals surface area contributed by atoms with Gasteiger partial charge in [-0.25, -0.2) is 9.18 Å². The number of carbonyl (C=O) groups excluding carboxylic acids is 2. The Balaban J connectivity index is 1.89. The standard InChI is InChI=1S/C23H19BrFNO4/c1-2-29-20-11-7-6-10-19(20)26-22(27)21(15-8-4-3-5-9-15)30-23(28)17-14-16(25)12-13-18(17)24/h3-14,21H,2H2,1H3,(H,26,27). The predicted octanol–water partition coefficient (Wildman–Crippen LogP) is 5.52. The van der Waals surface area contributed by atoms with E-state index in [0.29, 0.717) is 28.1 Å². The molecule has 3 aromatic carbocycles. The molecule has 7 heteroatoms. The third-order valence-electron chi connectivity index (χ3n) is 4.16. The van der Waals surface area contributed by atoms with Crippen molar-refractivity contribution in [2.24, 2.45) is 0 Å². The van der Waals surface area contributed by atoms with Gasteiger partial charge in [0.05, 0.1) is 17.9 Å². The van der Waals surface area contributed by atoms with Crippen LogP contribution in [0.5, 0.6) is 5.75 Å². The van der Waals surface area contributed by atoms with E-state index in [9.17, 15) is 14.0 Å². The number of benzene rings is 3. The van der Waals surface area contributed by atoms with Crippen LogP contribution in [0.25, 0.3) is 0 Å². The van der Waals surface area contributed by atoms with E-state index < -0.39 is 23.8 Å². The Morgan fingerprint density at radius 1 is 1.03 bits per heavy atom. The Morgan fingerprint density at radius 3 is 2.47 bits per heavy atom. The van der Waals surface area contributed by atoms with Gasteiger partial charge in [-0.2, -0.15) is 0 Å². The highest BCUT2D eigenvalue weighted by Gasteiger charge is 2.27. The van der Waals surface area contributed by atoms with Crippen LogP contribution in [0.1, 0.15) is 28.9 Å². The average Bonchev–Trinajstić information content (AvgIpc) is 2.75. The van der Waals surface area contributed by atoms with Gasteiger partial charge in [0.1, 0.15) is 11.6 Å². The Labute approximate surface area is 182 Å². The second kappa shape index (κ2) is 10.0. The molecule has 0 aliphatic heterocycles. The fourth-order valence-electron chi connectivity index (χ4n) is 2.77. The molecule has 3 rings (SSSR count). The molecule has 0 radical (unpaired) electrons. The smallest absolute Gasteiger partial charge is 0.340 e. The molecule has 0 bridgehead atoms. The minimum atomic E-state index is -1.25. The first-order valence-electron chi connectivity index (χ1n) is 9.23. The molecular weight excluding hydrogens is 453 g/mol. The van der Waals surface area contributed by atoms with E-state index >= 15 is 0 Å². The van der Waals surface area contributed by atoms with E-state index in [-0.39, 0.29) is 5.56 Å². The molecule has 0 fully saturated rings. The van der Waals surface area contributed by atoms with E-state index in [1.807, 2.05) is 6.92 Å². The zero-order chi connectivity index (χ0) is 21.5. The maximum atomic E-state index is 13.6. The molecule has 0 saturated carbocycles. The number of esters is 1. The summed E-state index contributed by atoms with van der Waals surface area (Å²) in [4.78, 5) is 25.8. The molecule has 1 N–H and O–H groups in total. The number of anilines is 1. The summed E-state index contributed by atoms with van der Waals surface area (Å²) in [6, 6.07) is 19.2. The summed E-state index contributed by atoms with van der Waals surface area (Å²) in [6.45, 7) is 2.27. The monoisotopic (exact) mass is 471 g/mol. The van der Waals surface area contributed by atoms with Gasteiger partial charge in [0, 0.05) is 10.0 Å². The Kier molecular flexibility index (Phi) is 7.19. The van der Waals surface area contributed by atoms with Crippen molar-refractivity contribution in [3.63, 3.8) is 0 Å². The number of amides is 1. The van der Waals surface area contributed by atoms with Crippen molar-refractivity contribution in [2.75, 3.05) is 11.9 Å². The second-order valence-electron chi connectivity index (χ2n) is 6.24. The van der Waals surface area contributed by atoms with Crippen LogP contribution in [-0.4, -0.2) is 18.5 Å². The Bertz CT molecular complexity index is 1040. The first-order chi connectivity index (χ1) is 14.5. The minimum absolute atomic E-state index is 0.0153. The van der Waals surface area contributed by atoms with Gasteiger partial charge in [-0.15, -0.1) is 0 Å². The number of nitrogens with one attached hydrogen (secondary N) is 1. The molecule has 0 heterocycles. The van der Waals surface area contributed by atoms with Crippen LogP contribution in [0.3, 0.4) is 0 Å². The van der Waals surface area contributed by atoms with E-state index in [0.717, 1.165) is 6.07 Å². The van der Waals surface area contributed by atoms with Crippen molar-refractivity contribution in [1.29, 1.82) is 0 Å². The van der Waals surface area contributed by atoms with Crippen molar-refractivity contribution >= 4 is 33.5 Å². The maximum Gasteiger partial charge on any atom is 0.340 e. The number of hydrogen-bond acceptors (Lipinski definition) is 4. The van der Waals surface area contributed by atoms with Crippen LogP contribution in [-0.2, 0) is 9.53 Å². The van der Waals surface area contributed by atoms with Gasteiger partial charge < -0.3 is 14.8 Å². The lowest BCUT2D eigenvalue weighted by Crippen LogP contribution is -2.26. The first-order valence-corrected chi connectivity index (χ1v) is 10.0. The van der Waals surface area contributed by atoms with E-state index in [1.54, 1.807) is 54.6 Å². The third-order valence-corrected chi connectivity index (χ3v) is 4.85. The van der Waals surface area contributed by atoms with Gasteiger partial charge in [0.2, 0.25) is 6.10 Å². The first kappa shape index (κ1) is 21.5. The molecule has 30 heavy (non-hydrogen) atoms. The third kappa shape index (κ3) is 5.24. The summed E-state index contributed by atoms with van der Waals surface area (Å²) in [7, 11) is 0. The number of para-hydroxylation sites is 2. The predicted molar refractivity (Wildman–Crippen MR) is 115 cm³/mol. The minimum Gasteiger partial charge on any atom is -0.492 e. The van der Waals surface area contributed by atoms with E-state index in [4.69, 9.17) is 9.47 Å². The van der Waals surface area contributed by atoms with Crippen molar-refractivity contribution in [3.05, 3.63) is 94.2 Å². The second-order valence-corrected chi connectivity index (χ2v) is 7.09. The average molecular weight is 472 g/mol. The summed E-state index contributed by atoms with van der Waals surface area (Å²) in [5, 5.41) is 2.75. The van der Waals surface area contributed by atoms with Crippen LogP contribution in [0, 0.1) is 5.82 Å². The normalized spacial score (nSPS) is 11.4. The zero-order valence-corrected chi connectivity index (χ0v) is 17.7. The lowest BCUT2D eigenvalue weighted by molar-refractivity contribution is -0.125. The molecule has 1 atom stereocenters. The van der Waals surface area contributed by atoms with E-state index in [1.165, 1.54) is 12.1 Å². The van der Waals surface area contributed by atoms with Crippen molar-refractivity contribution in [2.45, 2.75) is 13.0 Å². The lowest BCUT2D eigenvalue weighted by atomic mass is 10.1. The fourth-order valence-corrected chi connectivity index (χ4v) is 3.18. The van der Waals surface area contributed by atoms with Crippen LogP contribution in [0.15, 0.2) is 77.3 Å². The number of halogens is 2. The highest BCUT2D eigenvalue weighted by atomic mass is 79.9. The SMILES string of the molecule is CCOc1ccccc1NC(=O)C(OC(=O)c1cc(F)ccc1Br)c1ccccc1. The van der Waals surface area contributed by atoms with Crippen LogP contribution < -0.4 is 10.1 Å². The molecule has 0 aliphatic rings. The number of carbonyl (C=O) groups is 2. The van der Waals surface area contributed by atoms with Crippen molar-refractivity contribution in [1.82, 2.24) is 0 Å². The topological polar surface area (TPSA) is 64.6 Å². The van der Waals surface area contributed by atoms with Crippen molar-refractivity contribution < 1.29 is 23.5 Å². The summed E-state index contributed by atoms with van der Waals surface area (Å²) < 4.78 is 25.0. The summed E-state index contributed by atoms with van der Waals surface area (Å²) in [6.07, 6.45) is -1.25. The van der Waals surface area contributed by atoms with Crippen LogP contribution in [0.2, 0.25) is 0 Å². The van der Waals surface area contributed by atoms with Gasteiger partial charge in [-0.1, -0.05) is 42.5 Å². The largest absolute Gasteiger partial charge is 0.492 e. The summed E-state index contributed by atoms with van der Waals surface area (Å²) in [5.74, 6) is -1.48. The Hall–Kier alpha value is -3.19. The molecule has 0 spiro atoms. The highest BCUT2D eigenvalue weighted by molar-refractivity contribution is 9.10. The number of rotatable bonds is 7. The number of hydrogen-bond donors (Lipinski definition) is 1. The van der Waals surface area contributed by atoms with Gasteiger partial charge in [0.15, 0.2) is 0 Å². The summed E-state index contributed by atoms with van der Waals surface area (Å²) in [5.41, 5.74) is 0.913. The molecule has 0 aromatic heterocycles.